The first kappa shape index (κ1) is 17.2. The van der Waals surface area contributed by atoms with E-state index in [0.717, 1.165) is 16.7 Å². The summed E-state index contributed by atoms with van der Waals surface area (Å²) in [4.78, 5) is 2.58. The number of aliphatic hydroxyl groups excluding tert-OH is 2. The van der Waals surface area contributed by atoms with E-state index >= 15 is 0 Å². The highest BCUT2D eigenvalue weighted by Crippen LogP contribution is 2.22. The minimum absolute atomic E-state index is 0.00159. The van der Waals surface area contributed by atoms with Gasteiger partial charge in [-0.15, -0.1) is 0 Å². The molecule has 0 aliphatic rings. The number of benzene rings is 2. The fraction of sp³-hybridized carbons (Fsp3) is 0.200. The van der Waals surface area contributed by atoms with E-state index in [1.807, 2.05) is 42.5 Å². The summed E-state index contributed by atoms with van der Waals surface area (Å²) < 4.78 is 0. The van der Waals surface area contributed by atoms with Crippen LogP contribution in [0.4, 0.5) is 0 Å². The number of hydrogen-bond donors (Lipinski definition) is 3. The van der Waals surface area contributed by atoms with Crippen molar-refractivity contribution in [2.24, 2.45) is 0 Å². The molecule has 0 saturated heterocycles. The van der Waals surface area contributed by atoms with Crippen molar-refractivity contribution in [2.75, 3.05) is 6.61 Å². The first-order valence-electron chi connectivity index (χ1n) is 6.33. The minimum atomic E-state index is -0.579. The van der Waals surface area contributed by atoms with E-state index in [-0.39, 0.29) is 6.61 Å². The van der Waals surface area contributed by atoms with Crippen LogP contribution in [0.25, 0.3) is 11.1 Å². The van der Waals surface area contributed by atoms with E-state index < -0.39 is 6.10 Å². The molecule has 0 fully saturated rings. The Morgan fingerprint density at radius 1 is 0.900 bits per heavy atom. The third-order valence-electron chi connectivity index (χ3n) is 2.81. The van der Waals surface area contributed by atoms with E-state index in [1.54, 1.807) is 0 Å². The van der Waals surface area contributed by atoms with Crippen LogP contribution in [0.1, 0.15) is 18.1 Å². The smallest absolute Gasteiger partial charge is 0.0811 e. The van der Waals surface area contributed by atoms with Crippen LogP contribution in [0.5, 0.6) is 0 Å². The predicted molar refractivity (Wildman–Crippen MR) is 91.1 cm³/mol. The third kappa shape index (κ3) is 5.66. The summed E-state index contributed by atoms with van der Waals surface area (Å²) >= 11 is 0. The average molecular weight is 309 g/mol. The Morgan fingerprint density at radius 3 is 1.90 bits per heavy atom. The molecule has 0 radical (unpaired) electrons. The summed E-state index contributed by atoms with van der Waals surface area (Å²) in [5, 5.41) is 18.5. The fourth-order valence-corrected chi connectivity index (χ4v) is 1.82. The Balaban J connectivity index is 0.000000612. The number of nitrogens with one attached hydrogen (secondary N) is 1. The van der Waals surface area contributed by atoms with E-state index in [1.165, 1.54) is 0 Å². The van der Waals surface area contributed by atoms with Crippen LogP contribution in [0.2, 0.25) is 0 Å². The van der Waals surface area contributed by atoms with Gasteiger partial charge in [-0.3, -0.25) is 4.86 Å². The van der Waals surface area contributed by atoms with Crippen LogP contribution in [-0.4, -0.2) is 16.8 Å². The Bertz CT molecular complexity index is 477. The molecule has 20 heavy (non-hydrogen) atoms. The second-order valence-electron chi connectivity index (χ2n) is 4.18. The third-order valence-corrected chi connectivity index (χ3v) is 2.81. The van der Waals surface area contributed by atoms with Crippen molar-refractivity contribution in [1.82, 2.24) is 4.86 Å². The van der Waals surface area contributed by atoms with Gasteiger partial charge in [0.2, 0.25) is 0 Å². The maximum atomic E-state index is 9.72. The van der Waals surface area contributed by atoms with Gasteiger partial charge in [-0.05, 0) is 16.7 Å². The van der Waals surface area contributed by atoms with Crippen molar-refractivity contribution in [3.05, 3.63) is 60.2 Å². The highest BCUT2D eigenvalue weighted by molar-refractivity contribution is 7.31. The molecule has 0 aliphatic heterocycles. The summed E-state index contributed by atoms with van der Waals surface area (Å²) in [5.41, 5.74) is 3.14. The monoisotopic (exact) mass is 309 g/mol. The van der Waals surface area contributed by atoms with Crippen LogP contribution in [0, 0.1) is 0 Å². The van der Waals surface area contributed by atoms with Crippen LogP contribution in [0.15, 0.2) is 54.6 Å². The summed E-state index contributed by atoms with van der Waals surface area (Å²) in [7, 11) is 4.58. The highest BCUT2D eigenvalue weighted by Gasteiger charge is 2.06. The van der Waals surface area contributed by atoms with Gasteiger partial charge in [0.25, 0.3) is 0 Å². The largest absolute Gasteiger partial charge is 0.396 e. The number of aliphatic hydroxyl groups is 2. The molecule has 0 saturated carbocycles. The Morgan fingerprint density at radius 2 is 1.40 bits per heavy atom. The second-order valence-corrected chi connectivity index (χ2v) is 5.52. The molecule has 3 atom stereocenters. The molecule has 5 heteroatoms. The summed E-state index contributed by atoms with van der Waals surface area (Å²) in [5.74, 6) is 0. The maximum Gasteiger partial charge on any atom is 0.0811 e. The van der Waals surface area contributed by atoms with E-state index in [9.17, 15) is 5.11 Å². The molecule has 0 heterocycles. The standard InChI is InChI=1S/C15H16O2.H5NP2/c16-11-10-15(17)14-8-6-13(7-9-14)12-4-2-1-3-5-12;2-1-3/h1-9,15-17H,10-11H2;1H,2-3H2. The van der Waals surface area contributed by atoms with Gasteiger partial charge in [-0.2, -0.15) is 0 Å². The van der Waals surface area contributed by atoms with Gasteiger partial charge >= 0.3 is 0 Å². The van der Waals surface area contributed by atoms with Crippen molar-refractivity contribution in [1.29, 1.82) is 0 Å². The van der Waals surface area contributed by atoms with Gasteiger partial charge < -0.3 is 10.2 Å². The Labute approximate surface area is 124 Å². The molecule has 2 aromatic rings. The molecule has 0 bridgehead atoms. The first-order chi connectivity index (χ1) is 9.72. The van der Waals surface area contributed by atoms with Crippen LogP contribution in [-0.2, 0) is 0 Å². The molecule has 2 aromatic carbocycles. The highest BCUT2D eigenvalue weighted by atomic mass is 31.1. The van der Waals surface area contributed by atoms with Gasteiger partial charge in [0.05, 0.1) is 6.10 Å². The minimum Gasteiger partial charge on any atom is -0.396 e. The molecule has 2 rings (SSSR count). The first-order valence-corrected chi connectivity index (χ1v) is 7.49. The molecule has 3 unspecified atom stereocenters. The Kier molecular flexibility index (Phi) is 8.60. The SMILES string of the molecule is OCCC(O)c1ccc(-c2ccccc2)cc1.PNP. The van der Waals surface area contributed by atoms with Gasteiger partial charge in [0, 0.05) is 13.0 Å². The van der Waals surface area contributed by atoms with E-state index in [0.29, 0.717) is 6.42 Å². The van der Waals surface area contributed by atoms with E-state index in [2.05, 4.69) is 35.8 Å². The molecule has 3 N–H and O–H groups in total. The fourth-order valence-electron chi connectivity index (χ4n) is 1.82. The molecule has 0 spiro atoms. The molecule has 0 amide bonds. The molecular formula is C15H21NO2P2. The Hall–Kier alpha value is -0.820. The summed E-state index contributed by atoms with van der Waals surface area (Å²) in [6, 6.07) is 17.9. The van der Waals surface area contributed by atoms with Crippen molar-refractivity contribution >= 4 is 18.8 Å². The normalized spacial score (nSPS) is 11.4. The number of hydrogen-bond acceptors (Lipinski definition) is 3. The van der Waals surface area contributed by atoms with Gasteiger partial charge in [-0.1, -0.05) is 73.4 Å². The average Bonchev–Trinajstić information content (AvgIpc) is 2.49. The van der Waals surface area contributed by atoms with Crippen LogP contribution >= 0.6 is 18.8 Å². The van der Waals surface area contributed by atoms with Crippen molar-refractivity contribution in [3.8, 4) is 11.1 Å². The van der Waals surface area contributed by atoms with Crippen molar-refractivity contribution in [2.45, 2.75) is 12.5 Å². The number of rotatable bonds is 4. The molecular weight excluding hydrogens is 288 g/mol. The second kappa shape index (κ2) is 9.99. The zero-order valence-electron chi connectivity index (χ0n) is 11.2. The van der Waals surface area contributed by atoms with Gasteiger partial charge in [0.15, 0.2) is 0 Å². The lowest BCUT2D eigenvalue weighted by molar-refractivity contribution is 0.134. The zero-order chi connectivity index (χ0) is 14.8. The topological polar surface area (TPSA) is 52.5 Å². The van der Waals surface area contributed by atoms with Crippen LogP contribution in [0.3, 0.4) is 0 Å². The van der Waals surface area contributed by atoms with Crippen LogP contribution < -0.4 is 4.86 Å². The lowest BCUT2D eigenvalue weighted by Crippen LogP contribution is -1.99. The molecule has 108 valence electrons. The quantitative estimate of drug-likeness (QED) is 0.761. The van der Waals surface area contributed by atoms with Gasteiger partial charge in [-0.25, -0.2) is 0 Å². The molecule has 3 nitrogen and oxygen atoms in total. The van der Waals surface area contributed by atoms with Crippen molar-refractivity contribution in [3.63, 3.8) is 0 Å². The lowest BCUT2D eigenvalue weighted by Gasteiger charge is -2.10. The van der Waals surface area contributed by atoms with E-state index in [4.69, 9.17) is 5.11 Å². The maximum absolute atomic E-state index is 9.72. The summed E-state index contributed by atoms with van der Waals surface area (Å²) in [6.45, 7) is 0.00159. The van der Waals surface area contributed by atoms with Crippen molar-refractivity contribution < 1.29 is 10.2 Å². The van der Waals surface area contributed by atoms with Gasteiger partial charge in [0.1, 0.15) is 0 Å². The lowest BCUT2D eigenvalue weighted by atomic mass is 10.0. The molecule has 0 aliphatic carbocycles. The zero-order valence-corrected chi connectivity index (χ0v) is 13.5. The molecule has 0 aromatic heterocycles. The predicted octanol–water partition coefficient (Wildman–Crippen LogP) is 2.93. The summed E-state index contributed by atoms with van der Waals surface area (Å²) in [6.07, 6.45) is -0.199.